The van der Waals surface area contributed by atoms with E-state index in [4.69, 9.17) is 4.99 Å². The average Bonchev–Trinajstić information content (AvgIpc) is 3.25. The highest BCUT2D eigenvalue weighted by molar-refractivity contribution is 6.15. The molecule has 29 heavy (non-hydrogen) atoms. The van der Waals surface area contributed by atoms with Gasteiger partial charge in [-0.25, -0.2) is 0 Å². The largest absolute Gasteiger partial charge is 0.358 e. The fourth-order valence-electron chi connectivity index (χ4n) is 5.39. The molecule has 1 aromatic heterocycles. The van der Waals surface area contributed by atoms with Crippen LogP contribution in [0.2, 0.25) is 0 Å². The molecule has 2 nitrogen and oxygen atoms in total. The molecule has 142 valence electrons. The van der Waals surface area contributed by atoms with Gasteiger partial charge in [0.05, 0.1) is 5.70 Å². The molecule has 0 fully saturated rings. The van der Waals surface area contributed by atoms with Gasteiger partial charge >= 0.3 is 0 Å². The number of allylic oxidation sites excluding steroid dienone is 2. The normalized spacial score (nSPS) is 18.3. The average molecular weight is 377 g/mol. The maximum Gasteiger partial charge on any atom is 0.0735 e. The van der Waals surface area contributed by atoms with Crippen molar-refractivity contribution >= 4 is 17.4 Å². The number of aromatic amines is 1. The van der Waals surface area contributed by atoms with E-state index in [0.29, 0.717) is 0 Å². The summed E-state index contributed by atoms with van der Waals surface area (Å²) < 4.78 is 0. The smallest absolute Gasteiger partial charge is 0.0735 e. The van der Waals surface area contributed by atoms with Gasteiger partial charge in [0.25, 0.3) is 0 Å². The van der Waals surface area contributed by atoms with Gasteiger partial charge in [-0.05, 0) is 79.0 Å². The molecule has 0 unspecified atom stereocenters. The van der Waals surface area contributed by atoms with Crippen molar-refractivity contribution in [1.82, 2.24) is 4.98 Å². The maximum atomic E-state index is 5.03. The second-order valence-corrected chi connectivity index (χ2v) is 8.41. The Hall–Kier alpha value is -3.13. The highest BCUT2D eigenvalue weighted by atomic mass is 14.8. The Morgan fingerprint density at radius 3 is 2.34 bits per heavy atom. The Balaban J connectivity index is 1.55. The standard InChI is InChI=1S/C27H24N2/c1-16-20-13-11-18-7-3-5-9-22(18)26(20)24(28-16)15-25-27-21(17(2)29-25)14-12-19-8-4-6-10-23(19)27/h3-10,15,28H,11-14H2,1-2H3/b25-15+. The van der Waals surface area contributed by atoms with Crippen LogP contribution in [-0.2, 0) is 19.3 Å². The summed E-state index contributed by atoms with van der Waals surface area (Å²) in [6.07, 6.45) is 6.72. The molecule has 1 aliphatic heterocycles. The molecule has 2 heterocycles. The van der Waals surface area contributed by atoms with Crippen molar-refractivity contribution < 1.29 is 0 Å². The van der Waals surface area contributed by atoms with E-state index in [2.05, 4.69) is 73.4 Å². The summed E-state index contributed by atoms with van der Waals surface area (Å²) in [5, 5.41) is 0. The Morgan fingerprint density at radius 2 is 1.52 bits per heavy atom. The lowest BCUT2D eigenvalue weighted by Gasteiger charge is -2.20. The second kappa shape index (κ2) is 6.18. The van der Waals surface area contributed by atoms with Crippen LogP contribution in [0.15, 0.2) is 64.8 Å². The van der Waals surface area contributed by atoms with Crippen LogP contribution in [-0.4, -0.2) is 10.7 Å². The molecule has 0 bridgehead atoms. The summed E-state index contributed by atoms with van der Waals surface area (Å²) in [5.41, 5.74) is 16.0. The number of nitrogens with zero attached hydrogens (tertiary/aromatic N) is 1. The molecule has 6 rings (SSSR count). The van der Waals surface area contributed by atoms with E-state index in [1.807, 2.05) is 0 Å². The van der Waals surface area contributed by atoms with Gasteiger partial charge in [-0.1, -0.05) is 48.5 Å². The van der Waals surface area contributed by atoms with E-state index in [9.17, 15) is 0 Å². The summed E-state index contributed by atoms with van der Waals surface area (Å²) in [5.74, 6) is 0. The van der Waals surface area contributed by atoms with Crippen molar-refractivity contribution in [1.29, 1.82) is 0 Å². The molecule has 1 N–H and O–H groups in total. The van der Waals surface area contributed by atoms with Gasteiger partial charge in [-0.3, -0.25) is 4.99 Å². The van der Waals surface area contributed by atoms with E-state index in [0.717, 1.165) is 31.4 Å². The first kappa shape index (κ1) is 16.8. The van der Waals surface area contributed by atoms with Crippen LogP contribution in [0.5, 0.6) is 0 Å². The zero-order valence-electron chi connectivity index (χ0n) is 17.0. The third-order valence-electron chi connectivity index (χ3n) is 6.77. The molecule has 2 heteroatoms. The van der Waals surface area contributed by atoms with Crippen LogP contribution < -0.4 is 0 Å². The molecular weight excluding hydrogens is 352 g/mol. The molecule has 3 aromatic rings. The van der Waals surface area contributed by atoms with Gasteiger partial charge in [0.1, 0.15) is 0 Å². The minimum Gasteiger partial charge on any atom is -0.358 e. The number of benzene rings is 2. The van der Waals surface area contributed by atoms with Crippen LogP contribution in [0.25, 0.3) is 22.8 Å². The molecule has 0 amide bonds. The van der Waals surface area contributed by atoms with Crippen molar-refractivity contribution in [2.24, 2.45) is 4.99 Å². The summed E-state index contributed by atoms with van der Waals surface area (Å²) in [6, 6.07) is 17.7. The second-order valence-electron chi connectivity index (χ2n) is 8.41. The zero-order chi connectivity index (χ0) is 19.5. The van der Waals surface area contributed by atoms with Crippen LogP contribution in [0.3, 0.4) is 0 Å². The first-order valence-electron chi connectivity index (χ1n) is 10.6. The van der Waals surface area contributed by atoms with Crippen LogP contribution >= 0.6 is 0 Å². The zero-order valence-corrected chi connectivity index (χ0v) is 17.0. The number of aliphatic imine (C=N–C) groups is 1. The number of aromatic nitrogens is 1. The molecule has 2 aliphatic carbocycles. The molecule has 0 atom stereocenters. The molecule has 0 spiro atoms. The first-order valence-corrected chi connectivity index (χ1v) is 10.6. The number of aryl methyl sites for hydroxylation is 3. The maximum absolute atomic E-state index is 5.03. The predicted molar refractivity (Wildman–Crippen MR) is 121 cm³/mol. The minimum atomic E-state index is 1.09. The van der Waals surface area contributed by atoms with E-state index >= 15 is 0 Å². The number of H-pyrrole nitrogens is 1. The number of rotatable bonds is 1. The van der Waals surface area contributed by atoms with Crippen molar-refractivity contribution in [3.63, 3.8) is 0 Å². The lowest BCUT2D eigenvalue weighted by molar-refractivity contribution is 0.933. The van der Waals surface area contributed by atoms with E-state index in [1.54, 1.807) is 0 Å². The Kier molecular flexibility index (Phi) is 3.58. The number of nitrogens with one attached hydrogen (secondary N) is 1. The SMILES string of the molecule is CC1=N/C(=C/c2[nH]c(C)c3c2-c2ccccc2CC3)C2=C1CCc1ccccc12. The molecule has 0 saturated heterocycles. The fraction of sp³-hybridized carbons (Fsp3) is 0.222. The van der Waals surface area contributed by atoms with Crippen LogP contribution in [0, 0.1) is 6.92 Å². The number of hydrogen-bond donors (Lipinski definition) is 1. The van der Waals surface area contributed by atoms with Crippen molar-refractivity contribution in [3.8, 4) is 11.1 Å². The summed E-state index contributed by atoms with van der Waals surface area (Å²) in [7, 11) is 0. The summed E-state index contributed by atoms with van der Waals surface area (Å²) in [6.45, 7) is 4.37. The van der Waals surface area contributed by atoms with E-state index in [1.165, 1.54) is 61.6 Å². The van der Waals surface area contributed by atoms with Crippen molar-refractivity contribution in [2.45, 2.75) is 39.5 Å². The number of hydrogen-bond acceptors (Lipinski definition) is 1. The van der Waals surface area contributed by atoms with Gasteiger partial charge in [0, 0.05) is 28.2 Å². The quantitative estimate of drug-likeness (QED) is 0.516. The number of fused-ring (bicyclic) bond motifs is 5. The lowest BCUT2D eigenvalue weighted by atomic mass is 9.83. The third kappa shape index (κ3) is 2.45. The van der Waals surface area contributed by atoms with Gasteiger partial charge in [0.2, 0.25) is 0 Å². The first-order chi connectivity index (χ1) is 14.2. The van der Waals surface area contributed by atoms with Crippen molar-refractivity contribution in [3.05, 3.63) is 93.4 Å². The van der Waals surface area contributed by atoms with E-state index < -0.39 is 0 Å². The molecule has 0 saturated carbocycles. The topological polar surface area (TPSA) is 28.1 Å². The van der Waals surface area contributed by atoms with Gasteiger partial charge in [0.15, 0.2) is 0 Å². The molecular formula is C27H24N2. The fourth-order valence-corrected chi connectivity index (χ4v) is 5.39. The molecule has 2 aromatic carbocycles. The Bertz CT molecular complexity index is 1260. The molecule has 3 aliphatic rings. The summed E-state index contributed by atoms with van der Waals surface area (Å²) >= 11 is 0. The van der Waals surface area contributed by atoms with Gasteiger partial charge < -0.3 is 4.98 Å². The highest BCUT2D eigenvalue weighted by Gasteiger charge is 2.29. The highest BCUT2D eigenvalue weighted by Crippen LogP contribution is 2.44. The lowest BCUT2D eigenvalue weighted by Crippen LogP contribution is -2.06. The monoisotopic (exact) mass is 376 g/mol. The van der Waals surface area contributed by atoms with Gasteiger partial charge in [-0.15, -0.1) is 0 Å². The van der Waals surface area contributed by atoms with Crippen LogP contribution in [0.4, 0.5) is 0 Å². The minimum absolute atomic E-state index is 1.09. The van der Waals surface area contributed by atoms with Crippen LogP contribution in [0.1, 0.15) is 47.0 Å². The third-order valence-corrected chi connectivity index (χ3v) is 6.77. The predicted octanol–water partition coefficient (Wildman–Crippen LogP) is 6.30. The van der Waals surface area contributed by atoms with Gasteiger partial charge in [-0.2, -0.15) is 0 Å². The Labute approximate surface area is 171 Å². The van der Waals surface area contributed by atoms with Crippen molar-refractivity contribution in [2.75, 3.05) is 0 Å². The Morgan fingerprint density at radius 1 is 0.828 bits per heavy atom. The summed E-state index contributed by atoms with van der Waals surface area (Å²) in [4.78, 5) is 8.71. The molecule has 0 radical (unpaired) electrons. The van der Waals surface area contributed by atoms with E-state index in [-0.39, 0.29) is 0 Å².